The molecule has 0 aliphatic carbocycles. The van der Waals surface area contributed by atoms with Crippen LogP contribution in [0.3, 0.4) is 0 Å². The van der Waals surface area contributed by atoms with Crippen molar-refractivity contribution in [3.05, 3.63) is 47.7 Å². The number of nitrogens with zero attached hydrogens (tertiary/aromatic N) is 1. The fourth-order valence-corrected chi connectivity index (χ4v) is 2.11. The number of ether oxygens (including phenoxy) is 2. The molecule has 0 bridgehead atoms. The van der Waals surface area contributed by atoms with Gasteiger partial charge in [-0.15, -0.1) is 0 Å². The van der Waals surface area contributed by atoms with Crippen molar-refractivity contribution in [1.29, 1.82) is 0 Å². The number of carboxylic acids is 1. The molecule has 7 nitrogen and oxygen atoms in total. The number of aryl methyl sites for hydroxylation is 1. The lowest BCUT2D eigenvalue weighted by Gasteiger charge is -2.13. The second-order valence-corrected chi connectivity index (χ2v) is 5.83. The lowest BCUT2D eigenvalue weighted by molar-refractivity contribution is -0.139. The lowest BCUT2D eigenvalue weighted by atomic mass is 10.1. The van der Waals surface area contributed by atoms with Crippen molar-refractivity contribution in [3.8, 4) is 11.6 Å². The molecule has 138 valence electrons. The first-order valence-electron chi connectivity index (χ1n) is 8.28. The van der Waals surface area contributed by atoms with Gasteiger partial charge in [-0.3, -0.25) is 4.79 Å². The van der Waals surface area contributed by atoms with E-state index in [2.05, 4.69) is 10.3 Å². The van der Waals surface area contributed by atoms with Crippen molar-refractivity contribution < 1.29 is 24.2 Å². The van der Waals surface area contributed by atoms with E-state index in [0.29, 0.717) is 22.9 Å². The fourth-order valence-electron chi connectivity index (χ4n) is 2.11. The van der Waals surface area contributed by atoms with Crippen molar-refractivity contribution in [1.82, 2.24) is 4.98 Å². The first-order valence-corrected chi connectivity index (χ1v) is 8.28. The predicted octanol–water partition coefficient (Wildman–Crippen LogP) is 3.28. The molecule has 1 heterocycles. The van der Waals surface area contributed by atoms with Crippen molar-refractivity contribution in [3.63, 3.8) is 0 Å². The molecule has 1 amide bonds. The normalized spacial score (nSPS) is 11.5. The molecule has 0 aliphatic rings. The Bertz CT molecular complexity index is 791. The number of benzene rings is 1. The van der Waals surface area contributed by atoms with Gasteiger partial charge in [0.25, 0.3) is 5.91 Å². The molecule has 0 saturated carbocycles. The van der Waals surface area contributed by atoms with E-state index in [0.717, 1.165) is 12.0 Å². The Morgan fingerprint density at radius 2 is 2.04 bits per heavy atom. The van der Waals surface area contributed by atoms with Gasteiger partial charge < -0.3 is 19.9 Å². The number of rotatable bonds is 8. The lowest BCUT2D eigenvalue weighted by Crippen LogP contribution is -2.15. The minimum atomic E-state index is -1.05. The summed E-state index contributed by atoms with van der Waals surface area (Å²) in [6.45, 7) is 5.33. The van der Waals surface area contributed by atoms with Gasteiger partial charge in [0.05, 0.1) is 6.10 Å². The van der Waals surface area contributed by atoms with Crippen LogP contribution in [0.5, 0.6) is 11.6 Å². The summed E-state index contributed by atoms with van der Waals surface area (Å²) in [5, 5.41) is 11.5. The van der Waals surface area contributed by atoms with E-state index in [1.807, 2.05) is 13.8 Å². The first-order chi connectivity index (χ1) is 12.4. The van der Waals surface area contributed by atoms with Crippen LogP contribution in [0.15, 0.2) is 36.5 Å². The zero-order chi connectivity index (χ0) is 19.1. The highest BCUT2D eigenvalue weighted by atomic mass is 16.5. The van der Waals surface area contributed by atoms with Crippen molar-refractivity contribution in [2.75, 3.05) is 11.9 Å². The van der Waals surface area contributed by atoms with E-state index in [-0.39, 0.29) is 12.0 Å². The van der Waals surface area contributed by atoms with Gasteiger partial charge in [0.15, 0.2) is 6.61 Å². The van der Waals surface area contributed by atoms with Gasteiger partial charge in [-0.2, -0.15) is 0 Å². The Hall–Kier alpha value is -3.09. The molecule has 2 rings (SSSR count). The van der Waals surface area contributed by atoms with Crippen LogP contribution in [0.4, 0.5) is 5.69 Å². The Labute approximate surface area is 152 Å². The third kappa shape index (κ3) is 5.47. The number of pyridine rings is 1. The number of nitrogens with one attached hydrogen (secondary N) is 1. The molecule has 0 saturated heterocycles. The number of hydrogen-bond donors (Lipinski definition) is 2. The maximum Gasteiger partial charge on any atom is 0.341 e. The molecule has 26 heavy (non-hydrogen) atoms. The van der Waals surface area contributed by atoms with Crippen LogP contribution in [0.1, 0.15) is 36.2 Å². The van der Waals surface area contributed by atoms with Crippen LogP contribution in [0.2, 0.25) is 0 Å². The third-order valence-electron chi connectivity index (χ3n) is 3.70. The summed E-state index contributed by atoms with van der Waals surface area (Å²) in [6.07, 6.45) is 2.39. The molecule has 2 aromatic rings. The van der Waals surface area contributed by atoms with Gasteiger partial charge in [-0.1, -0.05) is 6.92 Å². The Morgan fingerprint density at radius 3 is 2.69 bits per heavy atom. The molecule has 7 heteroatoms. The summed E-state index contributed by atoms with van der Waals surface area (Å²) >= 11 is 0. The summed E-state index contributed by atoms with van der Waals surface area (Å²) in [7, 11) is 0. The fraction of sp³-hybridized carbons (Fsp3) is 0.316. The van der Waals surface area contributed by atoms with Crippen LogP contribution in [0.25, 0.3) is 0 Å². The third-order valence-corrected chi connectivity index (χ3v) is 3.70. The van der Waals surface area contributed by atoms with E-state index in [9.17, 15) is 9.59 Å². The van der Waals surface area contributed by atoms with Gasteiger partial charge in [0.1, 0.15) is 5.75 Å². The topological polar surface area (TPSA) is 97.8 Å². The average molecular weight is 358 g/mol. The molecule has 0 aliphatic heterocycles. The number of aliphatic carboxylic acids is 1. The smallest absolute Gasteiger partial charge is 0.341 e. The van der Waals surface area contributed by atoms with Gasteiger partial charge in [0, 0.05) is 23.5 Å². The molecule has 0 fully saturated rings. The summed E-state index contributed by atoms with van der Waals surface area (Å²) < 4.78 is 10.8. The molecular weight excluding hydrogens is 336 g/mol. The van der Waals surface area contributed by atoms with Crippen LogP contribution >= 0.6 is 0 Å². The summed E-state index contributed by atoms with van der Waals surface area (Å²) in [5.74, 6) is -0.506. The van der Waals surface area contributed by atoms with E-state index >= 15 is 0 Å². The summed E-state index contributed by atoms with van der Waals surface area (Å²) in [5.41, 5.74) is 1.80. The van der Waals surface area contributed by atoms with Crippen molar-refractivity contribution >= 4 is 17.6 Å². The Kier molecular flexibility index (Phi) is 6.54. The second kappa shape index (κ2) is 8.84. The van der Waals surface area contributed by atoms with Crippen LogP contribution in [-0.2, 0) is 4.79 Å². The predicted molar refractivity (Wildman–Crippen MR) is 96.9 cm³/mol. The molecule has 1 aromatic heterocycles. The van der Waals surface area contributed by atoms with E-state index in [1.165, 1.54) is 6.20 Å². The van der Waals surface area contributed by atoms with E-state index in [4.69, 9.17) is 14.6 Å². The van der Waals surface area contributed by atoms with Gasteiger partial charge in [0.2, 0.25) is 5.88 Å². The number of anilines is 1. The van der Waals surface area contributed by atoms with Gasteiger partial charge >= 0.3 is 5.97 Å². The van der Waals surface area contributed by atoms with Gasteiger partial charge in [-0.05, 0) is 50.1 Å². The highest BCUT2D eigenvalue weighted by molar-refractivity contribution is 6.04. The molecule has 1 aromatic carbocycles. The molecule has 1 atom stereocenters. The number of carbonyl (C=O) groups is 2. The minimum absolute atomic E-state index is 0.0152. The minimum Gasteiger partial charge on any atom is -0.482 e. The molecule has 0 spiro atoms. The highest BCUT2D eigenvalue weighted by Crippen LogP contribution is 2.22. The number of carboxylic acid groups (broad SMARTS) is 1. The molecule has 1 unspecified atom stereocenters. The highest BCUT2D eigenvalue weighted by Gasteiger charge is 2.11. The van der Waals surface area contributed by atoms with Crippen LogP contribution < -0.4 is 14.8 Å². The molecular formula is C19H22N2O5. The van der Waals surface area contributed by atoms with Crippen LogP contribution in [0, 0.1) is 6.92 Å². The Balaban J connectivity index is 2.07. The Morgan fingerprint density at radius 1 is 1.27 bits per heavy atom. The maximum absolute atomic E-state index is 12.5. The van der Waals surface area contributed by atoms with E-state index in [1.54, 1.807) is 37.3 Å². The largest absolute Gasteiger partial charge is 0.482 e. The van der Waals surface area contributed by atoms with E-state index < -0.39 is 12.6 Å². The number of carbonyl (C=O) groups excluding carboxylic acids is 1. The van der Waals surface area contributed by atoms with Gasteiger partial charge in [-0.25, -0.2) is 9.78 Å². The van der Waals surface area contributed by atoms with Crippen molar-refractivity contribution in [2.24, 2.45) is 0 Å². The zero-order valence-electron chi connectivity index (χ0n) is 15.0. The quantitative estimate of drug-likeness (QED) is 0.751. The van der Waals surface area contributed by atoms with Crippen LogP contribution in [-0.4, -0.2) is 34.7 Å². The summed E-state index contributed by atoms with van der Waals surface area (Å²) in [6, 6.07) is 8.15. The standard InChI is InChI=1S/C19H22N2O5/c1-4-13(3)26-17-10-14(7-8-20-17)19(24)21-16-6-5-15(9-12(16)2)25-11-18(22)23/h5-10,13H,4,11H2,1-3H3,(H,21,24)(H,22,23). The average Bonchev–Trinajstić information content (AvgIpc) is 2.62. The number of hydrogen-bond acceptors (Lipinski definition) is 5. The summed E-state index contributed by atoms with van der Waals surface area (Å²) in [4.78, 5) is 27.1. The second-order valence-electron chi connectivity index (χ2n) is 5.83. The SMILES string of the molecule is CCC(C)Oc1cc(C(=O)Nc2ccc(OCC(=O)O)cc2C)ccn1. The first kappa shape index (κ1) is 19.2. The molecule has 0 radical (unpaired) electrons. The number of aromatic nitrogens is 1. The zero-order valence-corrected chi connectivity index (χ0v) is 15.0. The number of amides is 1. The monoisotopic (exact) mass is 358 g/mol. The van der Waals surface area contributed by atoms with Crippen molar-refractivity contribution in [2.45, 2.75) is 33.3 Å². The maximum atomic E-state index is 12.5. The molecule has 2 N–H and O–H groups in total.